The molecule has 3 aromatic rings. The van der Waals surface area contributed by atoms with Crippen LogP contribution >= 0.6 is 0 Å². The number of hydrogen-bond donors (Lipinski definition) is 1. The second kappa shape index (κ2) is 12.2. The molecule has 0 amide bonds. The fourth-order valence-corrected chi connectivity index (χ4v) is 4.07. The lowest BCUT2D eigenvalue weighted by Crippen LogP contribution is -2.49. The molecule has 1 fully saturated rings. The highest BCUT2D eigenvalue weighted by molar-refractivity contribution is 6.06. The molecule has 6 heteroatoms. The van der Waals surface area contributed by atoms with E-state index in [0.717, 1.165) is 37.5 Å². The summed E-state index contributed by atoms with van der Waals surface area (Å²) in [6.07, 6.45) is 2.76. The minimum absolute atomic E-state index is 0.0814. The Labute approximate surface area is 207 Å². The number of β-amino-alcohol motifs (C(OH)–C–C–N with tert-alkyl or cyclic N) is 1. The number of ketones is 1. The van der Waals surface area contributed by atoms with E-state index in [9.17, 15) is 9.90 Å². The Morgan fingerprint density at radius 2 is 1.57 bits per heavy atom. The molecular formula is C29H32N2O4. The van der Waals surface area contributed by atoms with Gasteiger partial charge in [-0.3, -0.25) is 9.69 Å². The van der Waals surface area contributed by atoms with E-state index in [1.807, 2.05) is 30.3 Å². The van der Waals surface area contributed by atoms with Gasteiger partial charge < -0.3 is 19.5 Å². The highest BCUT2D eigenvalue weighted by atomic mass is 16.5. The Morgan fingerprint density at radius 3 is 2.23 bits per heavy atom. The number of anilines is 1. The Kier molecular flexibility index (Phi) is 8.54. The average molecular weight is 473 g/mol. The van der Waals surface area contributed by atoms with Gasteiger partial charge in [-0.25, -0.2) is 0 Å². The predicted octanol–water partition coefficient (Wildman–Crippen LogP) is 4.15. The molecule has 182 valence electrons. The summed E-state index contributed by atoms with van der Waals surface area (Å²) in [5.74, 6) is 1.33. The van der Waals surface area contributed by atoms with E-state index in [4.69, 9.17) is 9.47 Å². The van der Waals surface area contributed by atoms with Crippen LogP contribution in [0.25, 0.3) is 6.08 Å². The normalized spacial score (nSPS) is 15.2. The number of hydrogen-bond acceptors (Lipinski definition) is 6. The molecular weight excluding hydrogens is 440 g/mol. The van der Waals surface area contributed by atoms with Gasteiger partial charge in [0.25, 0.3) is 0 Å². The molecule has 1 unspecified atom stereocenters. The van der Waals surface area contributed by atoms with Gasteiger partial charge in [-0.05, 0) is 60.2 Å². The van der Waals surface area contributed by atoms with Crippen LogP contribution in [0.4, 0.5) is 5.69 Å². The summed E-state index contributed by atoms with van der Waals surface area (Å²) in [7, 11) is 1.62. The van der Waals surface area contributed by atoms with Gasteiger partial charge in [0.15, 0.2) is 5.78 Å². The van der Waals surface area contributed by atoms with E-state index in [1.165, 1.54) is 5.69 Å². The van der Waals surface area contributed by atoms with Crippen molar-refractivity contribution in [3.05, 3.63) is 96.1 Å². The smallest absolute Gasteiger partial charge is 0.185 e. The maximum Gasteiger partial charge on any atom is 0.185 e. The second-order valence-corrected chi connectivity index (χ2v) is 8.58. The van der Waals surface area contributed by atoms with Crippen LogP contribution in [0.3, 0.4) is 0 Å². The predicted molar refractivity (Wildman–Crippen MR) is 139 cm³/mol. The first-order valence-corrected chi connectivity index (χ1v) is 11.9. The zero-order chi connectivity index (χ0) is 24.5. The average Bonchev–Trinajstić information content (AvgIpc) is 2.92. The Bertz CT molecular complexity index is 1090. The summed E-state index contributed by atoms with van der Waals surface area (Å²) in [5.41, 5.74) is 2.75. The number of carbonyl (C=O) groups is 1. The summed E-state index contributed by atoms with van der Waals surface area (Å²) >= 11 is 0. The molecule has 1 aliphatic heterocycles. The standard InChI is InChI=1S/C29H32N2O4/c1-34-27-12-7-23(8-13-27)9-16-29(33)24-10-14-28(15-11-24)35-22-26(32)21-30-17-19-31(20-18-30)25-5-3-2-4-6-25/h2-16,26,32H,17-22H2,1H3/b16-9+. The van der Waals surface area contributed by atoms with Crippen molar-refractivity contribution in [3.8, 4) is 11.5 Å². The van der Waals surface area contributed by atoms with Crippen molar-refractivity contribution in [2.75, 3.05) is 51.3 Å². The number of benzene rings is 3. The molecule has 1 N–H and O–H groups in total. The Hall–Kier alpha value is -3.61. The SMILES string of the molecule is COc1ccc(/C=C/C(=O)c2ccc(OCC(O)CN3CCN(c4ccccc4)CC3)cc2)cc1. The third-order valence-corrected chi connectivity index (χ3v) is 6.09. The molecule has 0 bridgehead atoms. The molecule has 1 atom stereocenters. The number of aliphatic hydroxyl groups excluding tert-OH is 1. The van der Waals surface area contributed by atoms with Gasteiger partial charge in [-0.15, -0.1) is 0 Å². The lowest BCUT2D eigenvalue weighted by Gasteiger charge is -2.36. The van der Waals surface area contributed by atoms with E-state index < -0.39 is 6.10 Å². The fraction of sp³-hybridized carbons (Fsp3) is 0.276. The molecule has 0 spiro atoms. The number of para-hydroxylation sites is 1. The third kappa shape index (κ3) is 7.18. The van der Waals surface area contributed by atoms with Crippen molar-refractivity contribution in [1.82, 2.24) is 4.90 Å². The van der Waals surface area contributed by atoms with Crippen LogP contribution in [0, 0.1) is 0 Å². The van der Waals surface area contributed by atoms with Gasteiger partial charge in [-0.1, -0.05) is 36.4 Å². The molecule has 0 radical (unpaired) electrons. The van der Waals surface area contributed by atoms with Crippen molar-refractivity contribution in [1.29, 1.82) is 0 Å². The Balaban J connectivity index is 1.19. The molecule has 0 aromatic heterocycles. The van der Waals surface area contributed by atoms with Crippen molar-refractivity contribution >= 4 is 17.5 Å². The molecule has 6 nitrogen and oxygen atoms in total. The van der Waals surface area contributed by atoms with Crippen LogP contribution in [0.1, 0.15) is 15.9 Å². The zero-order valence-corrected chi connectivity index (χ0v) is 20.0. The highest BCUT2D eigenvalue weighted by Gasteiger charge is 2.19. The molecule has 0 aliphatic carbocycles. The fourth-order valence-electron chi connectivity index (χ4n) is 4.07. The minimum Gasteiger partial charge on any atom is -0.497 e. The maximum atomic E-state index is 12.5. The van der Waals surface area contributed by atoms with Crippen LogP contribution in [0.15, 0.2) is 84.9 Å². The lowest BCUT2D eigenvalue weighted by molar-refractivity contribution is 0.0663. The van der Waals surface area contributed by atoms with Gasteiger partial charge in [0, 0.05) is 44.0 Å². The van der Waals surface area contributed by atoms with Crippen LogP contribution < -0.4 is 14.4 Å². The number of rotatable bonds is 10. The topological polar surface area (TPSA) is 62.2 Å². The van der Waals surface area contributed by atoms with Crippen molar-refractivity contribution in [3.63, 3.8) is 0 Å². The summed E-state index contributed by atoms with van der Waals surface area (Å²) in [6, 6.07) is 24.9. The second-order valence-electron chi connectivity index (χ2n) is 8.58. The van der Waals surface area contributed by atoms with Crippen molar-refractivity contribution < 1.29 is 19.4 Å². The first-order chi connectivity index (χ1) is 17.1. The number of nitrogens with zero attached hydrogens (tertiary/aromatic N) is 2. The van der Waals surface area contributed by atoms with E-state index in [0.29, 0.717) is 17.9 Å². The number of ether oxygens (including phenoxy) is 2. The third-order valence-electron chi connectivity index (χ3n) is 6.09. The molecule has 4 rings (SSSR count). The maximum absolute atomic E-state index is 12.5. The highest BCUT2D eigenvalue weighted by Crippen LogP contribution is 2.17. The van der Waals surface area contributed by atoms with Crippen LogP contribution in [0.2, 0.25) is 0 Å². The van der Waals surface area contributed by atoms with Gasteiger partial charge in [-0.2, -0.15) is 0 Å². The van der Waals surface area contributed by atoms with Gasteiger partial charge in [0.1, 0.15) is 24.2 Å². The van der Waals surface area contributed by atoms with Crippen molar-refractivity contribution in [2.24, 2.45) is 0 Å². The summed E-state index contributed by atoms with van der Waals surface area (Å²) in [5, 5.41) is 10.4. The summed E-state index contributed by atoms with van der Waals surface area (Å²) in [6.45, 7) is 4.50. The monoisotopic (exact) mass is 472 g/mol. The van der Waals surface area contributed by atoms with Gasteiger partial charge in [0.2, 0.25) is 0 Å². The number of methoxy groups -OCH3 is 1. The number of aliphatic hydroxyl groups is 1. The van der Waals surface area contributed by atoms with E-state index in [1.54, 1.807) is 43.5 Å². The molecule has 0 saturated carbocycles. The van der Waals surface area contributed by atoms with Crippen LogP contribution in [0.5, 0.6) is 11.5 Å². The number of allylic oxidation sites excluding steroid dienone is 1. The lowest BCUT2D eigenvalue weighted by atomic mass is 10.1. The summed E-state index contributed by atoms with van der Waals surface area (Å²) in [4.78, 5) is 17.1. The molecule has 1 saturated heterocycles. The van der Waals surface area contributed by atoms with Gasteiger partial charge >= 0.3 is 0 Å². The molecule has 3 aromatic carbocycles. The van der Waals surface area contributed by atoms with Crippen molar-refractivity contribution in [2.45, 2.75) is 6.10 Å². The number of piperazine rings is 1. The summed E-state index contributed by atoms with van der Waals surface area (Å²) < 4.78 is 10.9. The largest absolute Gasteiger partial charge is 0.497 e. The van der Waals surface area contributed by atoms with E-state index in [2.05, 4.69) is 34.1 Å². The van der Waals surface area contributed by atoms with Gasteiger partial charge in [0.05, 0.1) is 7.11 Å². The molecule has 35 heavy (non-hydrogen) atoms. The number of carbonyl (C=O) groups excluding carboxylic acids is 1. The molecule has 1 heterocycles. The quantitative estimate of drug-likeness (QED) is 0.353. The Morgan fingerprint density at radius 1 is 0.914 bits per heavy atom. The van der Waals surface area contributed by atoms with E-state index >= 15 is 0 Å². The minimum atomic E-state index is -0.577. The first-order valence-electron chi connectivity index (χ1n) is 11.9. The molecule has 1 aliphatic rings. The van der Waals surface area contributed by atoms with E-state index in [-0.39, 0.29) is 12.4 Å². The van der Waals surface area contributed by atoms with Crippen LogP contribution in [-0.4, -0.2) is 68.3 Å². The first kappa shape index (κ1) is 24.5. The van der Waals surface area contributed by atoms with Crippen LogP contribution in [-0.2, 0) is 0 Å². The zero-order valence-electron chi connectivity index (χ0n) is 20.0.